The van der Waals surface area contributed by atoms with Gasteiger partial charge in [0.25, 0.3) is 0 Å². The fourth-order valence-electron chi connectivity index (χ4n) is 1.67. The first-order valence-corrected chi connectivity index (χ1v) is 7.14. The van der Waals surface area contributed by atoms with Gasteiger partial charge in [0.1, 0.15) is 17.6 Å². The predicted molar refractivity (Wildman–Crippen MR) is 72.8 cm³/mol. The van der Waals surface area contributed by atoms with E-state index in [1.54, 1.807) is 0 Å². The van der Waals surface area contributed by atoms with Crippen LogP contribution in [0.25, 0.3) is 0 Å². The molecule has 1 aliphatic heterocycles. The number of thioether (sulfide) groups is 1. The maximum Gasteiger partial charge on any atom is 0.128 e. The van der Waals surface area contributed by atoms with Crippen LogP contribution in [0.3, 0.4) is 0 Å². The van der Waals surface area contributed by atoms with Crippen LogP contribution in [0.5, 0.6) is 0 Å². The largest absolute Gasteiger partial charge is 0.394 e. The first kappa shape index (κ1) is 15.9. The Hall–Kier alpha value is -0.140. The molecule has 6 heteroatoms. The van der Waals surface area contributed by atoms with Crippen molar-refractivity contribution in [2.45, 2.75) is 50.9 Å². The fraction of sp³-hybridized carbons (Fsp3) is 0.917. The first-order valence-electron chi connectivity index (χ1n) is 6.26. The van der Waals surface area contributed by atoms with E-state index in [4.69, 9.17) is 4.74 Å². The van der Waals surface area contributed by atoms with E-state index in [-0.39, 0.29) is 12.0 Å². The van der Waals surface area contributed by atoms with E-state index in [1.165, 1.54) is 18.7 Å². The molecular weight excluding hydrogens is 254 g/mol. The summed E-state index contributed by atoms with van der Waals surface area (Å²) in [5, 5.41) is 29.2. The minimum Gasteiger partial charge on any atom is -0.394 e. The van der Waals surface area contributed by atoms with Crippen LogP contribution in [0.1, 0.15) is 27.2 Å². The summed E-state index contributed by atoms with van der Waals surface area (Å²) in [5.41, 5.74) is -0.177. The highest BCUT2D eigenvalue weighted by atomic mass is 32.2. The van der Waals surface area contributed by atoms with Crippen LogP contribution in [-0.4, -0.2) is 57.3 Å². The number of ether oxygens (including phenoxy) is 1. The number of rotatable bonds is 7. The Morgan fingerprint density at radius 3 is 2.56 bits per heavy atom. The molecule has 1 aliphatic rings. The highest BCUT2D eigenvalue weighted by Crippen LogP contribution is 2.27. The molecule has 0 fully saturated rings. The molecule has 4 atom stereocenters. The Morgan fingerprint density at radius 2 is 2.06 bits per heavy atom. The van der Waals surface area contributed by atoms with Gasteiger partial charge in [0.2, 0.25) is 0 Å². The van der Waals surface area contributed by atoms with Gasteiger partial charge in [-0.1, -0.05) is 25.6 Å². The summed E-state index contributed by atoms with van der Waals surface area (Å²) in [4.78, 5) is 4.38. The molecule has 0 saturated heterocycles. The van der Waals surface area contributed by atoms with Gasteiger partial charge in [0.15, 0.2) is 0 Å². The maximum absolute atomic E-state index is 9.68. The molecule has 106 valence electrons. The summed E-state index contributed by atoms with van der Waals surface area (Å²) in [5.74, 6) is 0.548. The second kappa shape index (κ2) is 7.45. The van der Waals surface area contributed by atoms with E-state index < -0.39 is 18.3 Å². The SMILES string of the molecule is CC(C)CC1=NCC(O[C@H](CO)[C@@H](O)[C@@H](C)O)S1. The zero-order valence-corrected chi connectivity index (χ0v) is 11.9. The molecule has 1 heterocycles. The second-order valence-electron chi connectivity index (χ2n) is 4.97. The monoisotopic (exact) mass is 277 g/mol. The lowest BCUT2D eigenvalue weighted by Crippen LogP contribution is -2.41. The predicted octanol–water partition coefficient (Wildman–Crippen LogP) is 0.623. The third kappa shape index (κ3) is 4.85. The van der Waals surface area contributed by atoms with Crippen molar-refractivity contribution >= 4 is 16.8 Å². The lowest BCUT2D eigenvalue weighted by atomic mass is 10.1. The Morgan fingerprint density at radius 1 is 1.39 bits per heavy atom. The normalized spacial score (nSPS) is 25.1. The molecule has 0 spiro atoms. The quantitative estimate of drug-likeness (QED) is 0.635. The molecule has 1 rings (SSSR count). The van der Waals surface area contributed by atoms with Gasteiger partial charge in [-0.3, -0.25) is 4.99 Å². The van der Waals surface area contributed by atoms with Crippen LogP contribution in [-0.2, 0) is 4.74 Å². The topological polar surface area (TPSA) is 82.3 Å². The van der Waals surface area contributed by atoms with Crippen molar-refractivity contribution < 1.29 is 20.1 Å². The standard InChI is InChI=1S/C12H23NO4S/c1-7(2)4-10-13-5-11(18-10)17-9(6-14)12(16)8(3)15/h7-9,11-12,14-16H,4-6H2,1-3H3/t8-,9-,11?,12+/m1/s1. The van der Waals surface area contributed by atoms with Gasteiger partial charge in [-0.2, -0.15) is 0 Å². The molecule has 5 nitrogen and oxygen atoms in total. The highest BCUT2D eigenvalue weighted by Gasteiger charge is 2.29. The van der Waals surface area contributed by atoms with Crippen LogP contribution >= 0.6 is 11.8 Å². The van der Waals surface area contributed by atoms with Crippen LogP contribution in [0.4, 0.5) is 0 Å². The summed E-state index contributed by atoms with van der Waals surface area (Å²) >= 11 is 1.54. The van der Waals surface area contributed by atoms with Crippen LogP contribution in [0, 0.1) is 5.92 Å². The Bertz CT molecular complexity index is 283. The molecule has 0 amide bonds. The van der Waals surface area contributed by atoms with Crippen molar-refractivity contribution in [1.82, 2.24) is 0 Å². The zero-order valence-electron chi connectivity index (χ0n) is 11.1. The van der Waals surface area contributed by atoms with Gasteiger partial charge in [-0.15, -0.1) is 0 Å². The van der Waals surface area contributed by atoms with Gasteiger partial charge < -0.3 is 20.1 Å². The molecule has 18 heavy (non-hydrogen) atoms. The van der Waals surface area contributed by atoms with Crippen molar-refractivity contribution in [1.29, 1.82) is 0 Å². The minimum absolute atomic E-state index is 0.177. The van der Waals surface area contributed by atoms with E-state index in [0.29, 0.717) is 12.5 Å². The molecular formula is C12H23NO4S. The minimum atomic E-state index is -1.08. The van der Waals surface area contributed by atoms with E-state index in [9.17, 15) is 15.3 Å². The number of aliphatic hydroxyl groups excluding tert-OH is 3. The van der Waals surface area contributed by atoms with E-state index in [2.05, 4.69) is 18.8 Å². The number of hydrogen-bond donors (Lipinski definition) is 3. The Labute approximate surface area is 112 Å². The van der Waals surface area contributed by atoms with Gasteiger partial charge in [-0.25, -0.2) is 0 Å². The summed E-state index contributed by atoms with van der Waals surface area (Å²) in [6.07, 6.45) is -1.85. The molecule has 0 aliphatic carbocycles. The van der Waals surface area contributed by atoms with Crippen molar-refractivity contribution in [2.75, 3.05) is 13.2 Å². The zero-order chi connectivity index (χ0) is 13.7. The highest BCUT2D eigenvalue weighted by molar-refractivity contribution is 8.14. The third-order valence-corrected chi connectivity index (χ3v) is 3.74. The molecule has 3 N–H and O–H groups in total. The van der Waals surface area contributed by atoms with Gasteiger partial charge in [-0.05, 0) is 19.3 Å². The van der Waals surface area contributed by atoms with Gasteiger partial charge >= 0.3 is 0 Å². The van der Waals surface area contributed by atoms with Crippen molar-refractivity contribution in [2.24, 2.45) is 10.9 Å². The lowest BCUT2D eigenvalue weighted by molar-refractivity contribution is -0.107. The number of hydrogen-bond acceptors (Lipinski definition) is 6. The molecule has 1 unspecified atom stereocenters. The van der Waals surface area contributed by atoms with E-state index in [1.807, 2.05) is 0 Å². The molecule has 0 radical (unpaired) electrons. The smallest absolute Gasteiger partial charge is 0.128 e. The summed E-state index contributed by atoms with van der Waals surface area (Å²) in [6.45, 7) is 5.95. The number of aliphatic imine (C=N–C) groups is 1. The van der Waals surface area contributed by atoms with E-state index in [0.717, 1.165) is 11.5 Å². The summed E-state index contributed by atoms with van der Waals surface area (Å²) < 4.78 is 5.58. The van der Waals surface area contributed by atoms with Gasteiger partial charge in [0, 0.05) is 0 Å². The fourth-order valence-corrected chi connectivity index (χ4v) is 2.90. The summed E-state index contributed by atoms with van der Waals surface area (Å²) in [6, 6.07) is 0. The summed E-state index contributed by atoms with van der Waals surface area (Å²) in [7, 11) is 0. The third-order valence-electron chi connectivity index (χ3n) is 2.65. The van der Waals surface area contributed by atoms with Crippen LogP contribution < -0.4 is 0 Å². The van der Waals surface area contributed by atoms with Crippen LogP contribution in [0.2, 0.25) is 0 Å². The Kier molecular flexibility index (Phi) is 6.59. The lowest BCUT2D eigenvalue weighted by Gasteiger charge is -2.25. The van der Waals surface area contributed by atoms with Crippen molar-refractivity contribution in [3.8, 4) is 0 Å². The second-order valence-corrected chi connectivity index (χ2v) is 6.20. The van der Waals surface area contributed by atoms with E-state index >= 15 is 0 Å². The van der Waals surface area contributed by atoms with Crippen molar-refractivity contribution in [3.63, 3.8) is 0 Å². The molecule has 0 bridgehead atoms. The number of nitrogens with zero attached hydrogens (tertiary/aromatic N) is 1. The average molecular weight is 277 g/mol. The van der Waals surface area contributed by atoms with Crippen molar-refractivity contribution in [3.05, 3.63) is 0 Å². The Balaban J connectivity index is 2.40. The number of aliphatic hydroxyl groups is 3. The molecule has 0 saturated carbocycles. The van der Waals surface area contributed by atoms with Gasteiger partial charge in [0.05, 0.1) is 24.3 Å². The van der Waals surface area contributed by atoms with Crippen LogP contribution in [0.15, 0.2) is 4.99 Å². The first-order chi connectivity index (χ1) is 8.43. The average Bonchev–Trinajstić information content (AvgIpc) is 2.71. The maximum atomic E-state index is 9.68. The molecule has 0 aromatic carbocycles. The molecule has 0 aromatic heterocycles. The molecule has 0 aromatic rings.